The molecule has 0 bridgehead atoms. The van der Waals surface area contributed by atoms with Gasteiger partial charge in [-0.3, -0.25) is 9.58 Å². The first-order valence-electron chi connectivity index (χ1n) is 5.95. The smallest absolute Gasteiger partial charge is 0.0967 e. The Balaban J connectivity index is 1.95. The predicted molar refractivity (Wildman–Crippen MR) is 67.5 cm³/mol. The number of halogens is 1. The van der Waals surface area contributed by atoms with Gasteiger partial charge in [-0.05, 0) is 25.8 Å². The Kier molecular flexibility index (Phi) is 4.35. The van der Waals surface area contributed by atoms with Crippen LogP contribution in [0.5, 0.6) is 0 Å². The first-order valence-corrected chi connectivity index (χ1v) is 7.07. The van der Waals surface area contributed by atoms with Crippen molar-refractivity contribution >= 4 is 15.9 Å². The highest BCUT2D eigenvalue weighted by Gasteiger charge is 2.22. The summed E-state index contributed by atoms with van der Waals surface area (Å²) in [6.45, 7) is 2.15. The summed E-state index contributed by atoms with van der Waals surface area (Å²) in [4.78, 5) is 2.55. The molecule has 1 fully saturated rings. The summed E-state index contributed by atoms with van der Waals surface area (Å²) >= 11 is 3.54. The van der Waals surface area contributed by atoms with Gasteiger partial charge in [0.05, 0.1) is 5.69 Å². The van der Waals surface area contributed by atoms with Crippen LogP contribution >= 0.6 is 15.9 Å². The SMILES string of the molecule is Cn1cc(CN2CCCCC2CCBr)nn1. The zero-order chi connectivity index (χ0) is 11.4. The topological polar surface area (TPSA) is 34.0 Å². The van der Waals surface area contributed by atoms with Gasteiger partial charge in [-0.1, -0.05) is 27.6 Å². The highest BCUT2D eigenvalue weighted by Crippen LogP contribution is 2.21. The molecule has 0 amide bonds. The number of rotatable bonds is 4. The zero-order valence-corrected chi connectivity index (χ0v) is 11.4. The van der Waals surface area contributed by atoms with Crippen molar-refractivity contribution in [1.29, 1.82) is 0 Å². The van der Waals surface area contributed by atoms with E-state index in [2.05, 4.69) is 31.1 Å². The summed E-state index contributed by atoms with van der Waals surface area (Å²) in [6.07, 6.45) is 7.26. The Morgan fingerprint density at radius 1 is 1.50 bits per heavy atom. The van der Waals surface area contributed by atoms with Crippen LogP contribution in [0.15, 0.2) is 6.20 Å². The van der Waals surface area contributed by atoms with Crippen LogP contribution in [-0.2, 0) is 13.6 Å². The molecule has 16 heavy (non-hydrogen) atoms. The highest BCUT2D eigenvalue weighted by molar-refractivity contribution is 9.09. The number of aryl methyl sites for hydroxylation is 1. The Morgan fingerprint density at radius 2 is 2.38 bits per heavy atom. The standard InChI is InChI=1S/C11H19BrN4/c1-15-8-10(13-14-15)9-16-7-3-2-4-11(16)5-6-12/h8,11H,2-7,9H2,1H3. The fourth-order valence-electron chi connectivity index (χ4n) is 2.40. The van der Waals surface area contributed by atoms with Crippen LogP contribution < -0.4 is 0 Å². The molecule has 4 nitrogen and oxygen atoms in total. The van der Waals surface area contributed by atoms with E-state index in [1.807, 2.05) is 13.2 Å². The lowest BCUT2D eigenvalue weighted by molar-refractivity contribution is 0.135. The predicted octanol–water partition coefficient (Wildman–Crippen LogP) is 1.95. The molecule has 1 atom stereocenters. The third-order valence-electron chi connectivity index (χ3n) is 3.21. The lowest BCUT2D eigenvalue weighted by Crippen LogP contribution is -2.39. The zero-order valence-electron chi connectivity index (χ0n) is 9.77. The van der Waals surface area contributed by atoms with Crippen LogP contribution in [0.1, 0.15) is 31.4 Å². The average Bonchev–Trinajstić information content (AvgIpc) is 2.67. The maximum absolute atomic E-state index is 4.16. The van der Waals surface area contributed by atoms with Crippen molar-refractivity contribution in [2.45, 2.75) is 38.3 Å². The van der Waals surface area contributed by atoms with Gasteiger partial charge in [-0.15, -0.1) is 5.10 Å². The van der Waals surface area contributed by atoms with Gasteiger partial charge in [0.15, 0.2) is 0 Å². The van der Waals surface area contributed by atoms with Crippen molar-refractivity contribution in [3.05, 3.63) is 11.9 Å². The van der Waals surface area contributed by atoms with Crippen LogP contribution in [0.25, 0.3) is 0 Å². The van der Waals surface area contributed by atoms with Gasteiger partial charge < -0.3 is 0 Å². The van der Waals surface area contributed by atoms with Gasteiger partial charge in [0.25, 0.3) is 0 Å². The lowest BCUT2D eigenvalue weighted by Gasteiger charge is -2.34. The summed E-state index contributed by atoms with van der Waals surface area (Å²) in [5.74, 6) is 0. The number of nitrogens with zero attached hydrogens (tertiary/aromatic N) is 4. The maximum Gasteiger partial charge on any atom is 0.0967 e. The average molecular weight is 287 g/mol. The van der Waals surface area contributed by atoms with Crippen molar-refractivity contribution in [2.75, 3.05) is 11.9 Å². The Bertz CT molecular complexity index is 324. The molecule has 1 unspecified atom stereocenters. The van der Waals surface area contributed by atoms with Crippen LogP contribution in [0, 0.1) is 0 Å². The Morgan fingerprint density at radius 3 is 3.06 bits per heavy atom. The summed E-state index contributed by atoms with van der Waals surface area (Å²) in [5, 5.41) is 9.24. The third kappa shape index (κ3) is 3.04. The molecule has 2 heterocycles. The molecule has 0 spiro atoms. The van der Waals surface area contributed by atoms with Gasteiger partial charge in [0.2, 0.25) is 0 Å². The van der Waals surface area contributed by atoms with E-state index in [0.717, 1.165) is 23.6 Å². The quantitative estimate of drug-likeness (QED) is 0.794. The van der Waals surface area contributed by atoms with Crippen LogP contribution in [0.3, 0.4) is 0 Å². The summed E-state index contributed by atoms with van der Waals surface area (Å²) < 4.78 is 1.78. The molecule has 0 aromatic carbocycles. The molecule has 2 rings (SSSR count). The van der Waals surface area contributed by atoms with E-state index < -0.39 is 0 Å². The van der Waals surface area contributed by atoms with E-state index in [1.165, 1.54) is 32.2 Å². The van der Waals surface area contributed by atoms with Crippen molar-refractivity contribution in [3.63, 3.8) is 0 Å². The molecule has 0 radical (unpaired) electrons. The van der Waals surface area contributed by atoms with Crippen LogP contribution in [-0.4, -0.2) is 37.8 Å². The van der Waals surface area contributed by atoms with E-state index in [0.29, 0.717) is 0 Å². The van der Waals surface area contributed by atoms with E-state index in [9.17, 15) is 0 Å². The fraction of sp³-hybridized carbons (Fsp3) is 0.818. The van der Waals surface area contributed by atoms with Crippen molar-refractivity contribution in [3.8, 4) is 0 Å². The number of hydrogen-bond donors (Lipinski definition) is 0. The van der Waals surface area contributed by atoms with Crippen molar-refractivity contribution in [1.82, 2.24) is 19.9 Å². The normalized spacial score (nSPS) is 22.5. The van der Waals surface area contributed by atoms with E-state index in [4.69, 9.17) is 0 Å². The molecule has 5 heteroatoms. The Labute approximate surface area is 105 Å². The number of likely N-dealkylation sites (tertiary alicyclic amines) is 1. The second-order valence-corrected chi connectivity index (χ2v) is 5.27. The van der Waals surface area contributed by atoms with Gasteiger partial charge in [0, 0.05) is 31.2 Å². The van der Waals surface area contributed by atoms with Crippen molar-refractivity contribution in [2.24, 2.45) is 7.05 Å². The molecule has 1 aliphatic rings. The lowest BCUT2D eigenvalue weighted by atomic mass is 10.00. The largest absolute Gasteiger partial charge is 0.294 e. The number of alkyl halides is 1. The van der Waals surface area contributed by atoms with Gasteiger partial charge in [-0.25, -0.2) is 0 Å². The van der Waals surface area contributed by atoms with E-state index in [1.54, 1.807) is 4.68 Å². The molecule has 90 valence electrons. The monoisotopic (exact) mass is 286 g/mol. The maximum atomic E-state index is 4.16. The fourth-order valence-corrected chi connectivity index (χ4v) is 2.93. The first-order chi connectivity index (χ1) is 7.79. The molecule has 0 aliphatic carbocycles. The third-order valence-corrected chi connectivity index (χ3v) is 3.66. The summed E-state index contributed by atoms with van der Waals surface area (Å²) in [5.41, 5.74) is 1.09. The molecule has 1 saturated heterocycles. The summed E-state index contributed by atoms with van der Waals surface area (Å²) in [7, 11) is 1.92. The van der Waals surface area contributed by atoms with Crippen LogP contribution in [0.4, 0.5) is 0 Å². The Hall–Kier alpha value is -0.420. The second-order valence-electron chi connectivity index (χ2n) is 4.48. The van der Waals surface area contributed by atoms with Gasteiger partial charge in [0.1, 0.15) is 0 Å². The molecule has 0 N–H and O–H groups in total. The minimum atomic E-state index is 0.718. The van der Waals surface area contributed by atoms with Crippen molar-refractivity contribution < 1.29 is 0 Å². The molecule has 0 saturated carbocycles. The highest BCUT2D eigenvalue weighted by atomic mass is 79.9. The molecular formula is C11H19BrN4. The number of aromatic nitrogens is 3. The molecule has 1 aromatic rings. The second kappa shape index (κ2) is 5.77. The first kappa shape index (κ1) is 12.0. The molecular weight excluding hydrogens is 268 g/mol. The number of hydrogen-bond acceptors (Lipinski definition) is 3. The summed E-state index contributed by atoms with van der Waals surface area (Å²) in [6, 6.07) is 0.718. The number of piperidine rings is 1. The van der Waals surface area contributed by atoms with E-state index in [-0.39, 0.29) is 0 Å². The minimum Gasteiger partial charge on any atom is -0.294 e. The van der Waals surface area contributed by atoms with Crippen LogP contribution in [0.2, 0.25) is 0 Å². The van der Waals surface area contributed by atoms with E-state index >= 15 is 0 Å². The molecule has 1 aromatic heterocycles. The van der Waals surface area contributed by atoms with Gasteiger partial charge >= 0.3 is 0 Å². The molecule has 1 aliphatic heterocycles. The minimum absolute atomic E-state index is 0.718. The van der Waals surface area contributed by atoms with Gasteiger partial charge in [-0.2, -0.15) is 0 Å².